The molecule has 0 bridgehead atoms. The SMILES string of the molecule is CSc1ccccc1C(=O)N1CCN(C(=O)[C@H]2C[C@H]2c2ccc3c(c2)OCO3)CC1. The molecular weight excluding hydrogens is 400 g/mol. The van der Waals surface area contributed by atoms with Crippen molar-refractivity contribution in [2.45, 2.75) is 17.2 Å². The Morgan fingerprint density at radius 1 is 0.967 bits per heavy atom. The minimum atomic E-state index is 0.0323. The molecule has 1 saturated carbocycles. The van der Waals surface area contributed by atoms with Crippen LogP contribution in [0.25, 0.3) is 0 Å². The third-order valence-electron chi connectivity index (χ3n) is 6.15. The van der Waals surface area contributed by atoms with Crippen LogP contribution in [0, 0.1) is 5.92 Å². The summed E-state index contributed by atoms with van der Waals surface area (Å²) < 4.78 is 10.8. The minimum absolute atomic E-state index is 0.0323. The van der Waals surface area contributed by atoms with E-state index in [1.54, 1.807) is 11.8 Å². The third-order valence-corrected chi connectivity index (χ3v) is 6.94. The average molecular weight is 425 g/mol. The first-order chi connectivity index (χ1) is 14.7. The maximum atomic E-state index is 13.0. The Morgan fingerprint density at radius 3 is 2.50 bits per heavy atom. The van der Waals surface area contributed by atoms with Crippen molar-refractivity contribution < 1.29 is 19.1 Å². The van der Waals surface area contributed by atoms with Crippen LogP contribution in [0.4, 0.5) is 0 Å². The van der Waals surface area contributed by atoms with Gasteiger partial charge in [0.05, 0.1) is 5.56 Å². The van der Waals surface area contributed by atoms with Crippen LogP contribution in [-0.2, 0) is 4.79 Å². The van der Waals surface area contributed by atoms with E-state index >= 15 is 0 Å². The molecule has 0 unspecified atom stereocenters. The second-order valence-electron chi connectivity index (χ2n) is 7.88. The summed E-state index contributed by atoms with van der Waals surface area (Å²) in [6.45, 7) is 2.60. The zero-order chi connectivity index (χ0) is 20.7. The normalized spacial score (nSPS) is 22.2. The van der Waals surface area contributed by atoms with E-state index in [4.69, 9.17) is 9.47 Å². The molecule has 0 N–H and O–H groups in total. The van der Waals surface area contributed by atoms with Crippen LogP contribution in [-0.4, -0.2) is 60.8 Å². The lowest BCUT2D eigenvalue weighted by Crippen LogP contribution is -2.51. The van der Waals surface area contributed by atoms with E-state index in [-0.39, 0.29) is 30.4 Å². The van der Waals surface area contributed by atoms with Gasteiger partial charge in [-0.25, -0.2) is 0 Å². The van der Waals surface area contributed by atoms with Gasteiger partial charge in [0.2, 0.25) is 12.7 Å². The van der Waals surface area contributed by atoms with Crippen molar-refractivity contribution in [3.63, 3.8) is 0 Å². The highest BCUT2D eigenvalue weighted by Gasteiger charge is 2.46. The van der Waals surface area contributed by atoms with E-state index < -0.39 is 0 Å². The number of carbonyl (C=O) groups is 2. The monoisotopic (exact) mass is 424 g/mol. The summed E-state index contributed by atoms with van der Waals surface area (Å²) in [6.07, 6.45) is 2.85. The molecule has 0 radical (unpaired) electrons. The zero-order valence-corrected chi connectivity index (χ0v) is 17.7. The molecule has 2 atom stereocenters. The Hall–Kier alpha value is -2.67. The molecule has 0 aromatic heterocycles. The van der Waals surface area contributed by atoms with Gasteiger partial charge >= 0.3 is 0 Å². The number of ether oxygens (including phenoxy) is 2. The van der Waals surface area contributed by atoms with Crippen molar-refractivity contribution in [2.75, 3.05) is 39.2 Å². The Balaban J connectivity index is 1.18. The summed E-state index contributed by atoms with van der Waals surface area (Å²) >= 11 is 1.58. The van der Waals surface area contributed by atoms with E-state index in [1.807, 2.05) is 58.5 Å². The van der Waals surface area contributed by atoms with Gasteiger partial charge in [-0.05, 0) is 48.4 Å². The maximum Gasteiger partial charge on any atom is 0.255 e. The smallest absolute Gasteiger partial charge is 0.255 e. The highest BCUT2D eigenvalue weighted by molar-refractivity contribution is 7.98. The van der Waals surface area contributed by atoms with Crippen molar-refractivity contribution in [1.29, 1.82) is 0 Å². The summed E-state index contributed by atoms with van der Waals surface area (Å²) in [4.78, 5) is 30.7. The molecule has 7 heteroatoms. The Morgan fingerprint density at radius 2 is 1.70 bits per heavy atom. The Kier molecular flexibility index (Phi) is 5.06. The minimum Gasteiger partial charge on any atom is -0.454 e. The molecule has 3 aliphatic rings. The van der Waals surface area contributed by atoms with Gasteiger partial charge in [-0.15, -0.1) is 11.8 Å². The fourth-order valence-corrected chi connectivity index (χ4v) is 4.93. The molecule has 0 spiro atoms. The molecule has 1 aliphatic carbocycles. The molecule has 2 amide bonds. The van der Waals surface area contributed by atoms with Gasteiger partial charge in [0, 0.05) is 37.0 Å². The Bertz CT molecular complexity index is 987. The number of nitrogens with zero attached hydrogens (tertiary/aromatic N) is 2. The van der Waals surface area contributed by atoms with Crippen LogP contribution in [0.2, 0.25) is 0 Å². The van der Waals surface area contributed by atoms with Crippen molar-refractivity contribution >= 4 is 23.6 Å². The molecule has 2 aromatic rings. The average Bonchev–Trinajstić information content (AvgIpc) is 3.46. The van der Waals surface area contributed by atoms with Gasteiger partial charge in [0.25, 0.3) is 5.91 Å². The largest absolute Gasteiger partial charge is 0.454 e. The molecule has 6 nitrogen and oxygen atoms in total. The van der Waals surface area contributed by atoms with Gasteiger partial charge in [-0.1, -0.05) is 18.2 Å². The summed E-state index contributed by atoms with van der Waals surface area (Å²) in [7, 11) is 0. The topological polar surface area (TPSA) is 59.1 Å². The predicted molar refractivity (Wildman–Crippen MR) is 114 cm³/mol. The van der Waals surface area contributed by atoms with E-state index in [9.17, 15) is 9.59 Å². The molecule has 2 aliphatic heterocycles. The number of fused-ring (bicyclic) bond motifs is 1. The molecular formula is C23H24N2O4S. The first-order valence-electron chi connectivity index (χ1n) is 10.3. The number of amides is 2. The van der Waals surface area contributed by atoms with Gasteiger partial charge in [0.1, 0.15) is 0 Å². The molecule has 5 rings (SSSR count). The van der Waals surface area contributed by atoms with Crippen LogP contribution in [0.1, 0.15) is 28.3 Å². The second kappa shape index (κ2) is 7.87. The number of carbonyl (C=O) groups excluding carboxylic acids is 2. The van der Waals surface area contributed by atoms with E-state index in [2.05, 4.69) is 0 Å². The van der Waals surface area contributed by atoms with Gasteiger partial charge in [0.15, 0.2) is 11.5 Å². The lowest BCUT2D eigenvalue weighted by atomic mass is 10.1. The summed E-state index contributed by atoms with van der Waals surface area (Å²) in [5, 5.41) is 0. The van der Waals surface area contributed by atoms with Crippen LogP contribution in [0.15, 0.2) is 47.4 Å². The zero-order valence-electron chi connectivity index (χ0n) is 16.9. The molecule has 156 valence electrons. The quantitative estimate of drug-likeness (QED) is 0.706. The van der Waals surface area contributed by atoms with Crippen LogP contribution >= 0.6 is 11.8 Å². The first-order valence-corrected chi connectivity index (χ1v) is 11.5. The standard InChI is InChI=1S/C23H24N2O4S/c1-30-21-5-3-2-4-16(21)22(26)24-8-10-25(11-9-24)23(27)18-13-17(18)15-6-7-19-20(12-15)29-14-28-19/h2-7,12,17-18H,8-11,13-14H2,1H3/t17-,18-/m0/s1. The summed E-state index contributed by atoms with van der Waals surface area (Å²) in [5.74, 6) is 2.07. The van der Waals surface area contributed by atoms with Gasteiger partial charge in [-0.2, -0.15) is 0 Å². The highest BCUT2D eigenvalue weighted by atomic mass is 32.2. The number of rotatable bonds is 4. The van der Waals surface area contributed by atoms with E-state index in [0.29, 0.717) is 26.2 Å². The molecule has 2 heterocycles. The number of piperazine rings is 1. The fraction of sp³-hybridized carbons (Fsp3) is 0.391. The number of thioether (sulfide) groups is 1. The van der Waals surface area contributed by atoms with Crippen LogP contribution in [0.3, 0.4) is 0 Å². The molecule has 30 heavy (non-hydrogen) atoms. The second-order valence-corrected chi connectivity index (χ2v) is 8.73. The van der Waals surface area contributed by atoms with Crippen LogP contribution < -0.4 is 9.47 Å². The summed E-state index contributed by atoms with van der Waals surface area (Å²) in [5.41, 5.74) is 1.88. The number of benzene rings is 2. The van der Waals surface area contributed by atoms with Gasteiger partial charge < -0.3 is 19.3 Å². The Labute approximate surface area is 180 Å². The maximum absolute atomic E-state index is 13.0. The first kappa shape index (κ1) is 19.3. The van der Waals surface area contributed by atoms with Crippen molar-refractivity contribution in [3.8, 4) is 11.5 Å². The van der Waals surface area contributed by atoms with E-state index in [1.165, 1.54) is 0 Å². The van der Waals surface area contributed by atoms with Crippen molar-refractivity contribution in [3.05, 3.63) is 53.6 Å². The summed E-state index contributed by atoms with van der Waals surface area (Å²) in [6, 6.07) is 13.7. The molecule has 1 saturated heterocycles. The number of hydrogen-bond donors (Lipinski definition) is 0. The lowest BCUT2D eigenvalue weighted by Gasteiger charge is -2.35. The predicted octanol–water partition coefficient (Wildman–Crippen LogP) is 3.23. The molecule has 2 fully saturated rings. The van der Waals surface area contributed by atoms with Crippen molar-refractivity contribution in [2.24, 2.45) is 5.92 Å². The molecule has 2 aromatic carbocycles. The third kappa shape index (κ3) is 3.51. The lowest BCUT2D eigenvalue weighted by molar-refractivity contribution is -0.134. The van der Waals surface area contributed by atoms with Crippen molar-refractivity contribution in [1.82, 2.24) is 9.80 Å². The fourth-order valence-electron chi connectivity index (χ4n) is 4.34. The van der Waals surface area contributed by atoms with Crippen LogP contribution in [0.5, 0.6) is 11.5 Å². The van der Waals surface area contributed by atoms with E-state index in [0.717, 1.165) is 33.9 Å². The number of hydrogen-bond acceptors (Lipinski definition) is 5. The van der Waals surface area contributed by atoms with Gasteiger partial charge in [-0.3, -0.25) is 9.59 Å². The highest BCUT2D eigenvalue weighted by Crippen LogP contribution is 2.50.